The number of carbonyl (C=O) groups excluding carboxylic acids is 1. The normalized spacial score (nSPS) is 17.1. The Morgan fingerprint density at radius 3 is 2.57 bits per heavy atom. The van der Waals surface area contributed by atoms with E-state index >= 15 is 0 Å². The highest BCUT2D eigenvalue weighted by molar-refractivity contribution is 7.99. The van der Waals surface area contributed by atoms with Crippen molar-refractivity contribution in [2.45, 2.75) is 31.8 Å². The van der Waals surface area contributed by atoms with Gasteiger partial charge < -0.3 is 4.90 Å². The van der Waals surface area contributed by atoms with E-state index in [9.17, 15) is 10.1 Å². The van der Waals surface area contributed by atoms with Crippen LogP contribution in [0.2, 0.25) is 0 Å². The molecule has 0 aromatic carbocycles. The van der Waals surface area contributed by atoms with Crippen molar-refractivity contribution in [3.05, 3.63) is 23.9 Å². The zero-order valence-electron chi connectivity index (χ0n) is 14.0. The van der Waals surface area contributed by atoms with Crippen LogP contribution < -0.4 is 0 Å². The minimum absolute atomic E-state index is 0.0571. The van der Waals surface area contributed by atoms with Crippen LogP contribution >= 0.6 is 11.8 Å². The average Bonchev–Trinajstić information content (AvgIpc) is 2.55. The van der Waals surface area contributed by atoms with Gasteiger partial charge >= 0.3 is 0 Å². The number of pyridine rings is 1. The topological polar surface area (TPSA) is 60.2 Å². The van der Waals surface area contributed by atoms with Crippen molar-refractivity contribution in [3.63, 3.8) is 0 Å². The van der Waals surface area contributed by atoms with Gasteiger partial charge in [0.15, 0.2) is 0 Å². The smallest absolute Gasteiger partial charge is 0.233 e. The van der Waals surface area contributed by atoms with Gasteiger partial charge in [-0.15, -0.1) is 0 Å². The molecule has 0 spiro atoms. The summed E-state index contributed by atoms with van der Waals surface area (Å²) in [6, 6.07) is 6.28. The Kier molecular flexibility index (Phi) is 6.43. The number of carbonyl (C=O) groups is 1. The summed E-state index contributed by atoms with van der Waals surface area (Å²) in [4.78, 5) is 20.7. The van der Waals surface area contributed by atoms with Gasteiger partial charge in [0.2, 0.25) is 5.91 Å². The molecule has 1 atom stereocenters. The third-order valence-corrected chi connectivity index (χ3v) is 4.98. The first kappa shape index (κ1) is 17.8. The summed E-state index contributed by atoms with van der Waals surface area (Å²) in [6.07, 6.45) is 1.82. The zero-order valence-corrected chi connectivity index (χ0v) is 14.8. The number of aryl methyl sites for hydroxylation is 1. The summed E-state index contributed by atoms with van der Waals surface area (Å²) in [5.41, 5.74) is 1.12. The SMILES string of the molecule is Cc1ccc(SCC(=O)N2CCN([C@@H](C#N)C(C)C)CC2)nc1. The molecule has 1 saturated heterocycles. The lowest BCUT2D eigenvalue weighted by Crippen LogP contribution is -2.53. The second kappa shape index (κ2) is 8.32. The molecule has 1 aromatic rings. The third kappa shape index (κ3) is 4.95. The van der Waals surface area contributed by atoms with Gasteiger partial charge in [0, 0.05) is 32.4 Å². The van der Waals surface area contributed by atoms with Crippen LogP contribution in [-0.2, 0) is 4.79 Å². The Bertz CT molecular complexity index is 559. The molecule has 0 bridgehead atoms. The molecule has 23 heavy (non-hydrogen) atoms. The van der Waals surface area contributed by atoms with E-state index in [0.717, 1.165) is 23.7 Å². The highest BCUT2D eigenvalue weighted by atomic mass is 32.2. The van der Waals surface area contributed by atoms with Crippen LogP contribution in [-0.4, -0.2) is 58.7 Å². The Morgan fingerprint density at radius 2 is 2.04 bits per heavy atom. The van der Waals surface area contributed by atoms with Gasteiger partial charge in [0.05, 0.1) is 16.8 Å². The second-order valence-corrected chi connectivity index (χ2v) is 7.19. The highest BCUT2D eigenvalue weighted by Gasteiger charge is 2.27. The van der Waals surface area contributed by atoms with E-state index in [1.165, 1.54) is 11.8 Å². The molecule has 0 aliphatic carbocycles. The molecule has 2 rings (SSSR count). The first-order valence-electron chi connectivity index (χ1n) is 7.98. The number of aromatic nitrogens is 1. The van der Waals surface area contributed by atoms with Gasteiger partial charge in [0.25, 0.3) is 0 Å². The molecule has 0 saturated carbocycles. The number of rotatable bonds is 5. The van der Waals surface area contributed by atoms with Crippen LogP contribution in [0.3, 0.4) is 0 Å². The highest BCUT2D eigenvalue weighted by Crippen LogP contribution is 2.17. The molecule has 0 unspecified atom stereocenters. The number of nitrogens with zero attached hydrogens (tertiary/aromatic N) is 4. The van der Waals surface area contributed by atoms with Crippen LogP contribution in [0.5, 0.6) is 0 Å². The molecule has 5 nitrogen and oxygen atoms in total. The maximum atomic E-state index is 12.3. The Hall–Kier alpha value is -1.58. The first-order chi connectivity index (χ1) is 11.0. The lowest BCUT2D eigenvalue weighted by atomic mass is 10.0. The second-order valence-electron chi connectivity index (χ2n) is 6.20. The van der Waals surface area contributed by atoms with Crippen LogP contribution in [0.4, 0.5) is 0 Å². The van der Waals surface area contributed by atoms with Gasteiger partial charge in [-0.3, -0.25) is 9.69 Å². The fourth-order valence-electron chi connectivity index (χ4n) is 2.67. The van der Waals surface area contributed by atoms with Crippen LogP contribution in [0.25, 0.3) is 0 Å². The van der Waals surface area contributed by atoms with E-state index in [-0.39, 0.29) is 11.9 Å². The molecule has 1 fully saturated rings. The van der Waals surface area contributed by atoms with Crippen molar-refractivity contribution < 1.29 is 4.79 Å². The van der Waals surface area contributed by atoms with E-state index in [1.807, 2.05) is 30.2 Å². The number of hydrogen-bond donors (Lipinski definition) is 0. The molecule has 0 N–H and O–H groups in total. The minimum Gasteiger partial charge on any atom is -0.339 e. The average molecular weight is 332 g/mol. The van der Waals surface area contributed by atoms with Crippen LogP contribution in [0, 0.1) is 24.2 Å². The van der Waals surface area contributed by atoms with Gasteiger partial charge in [-0.1, -0.05) is 31.7 Å². The Balaban J connectivity index is 1.79. The van der Waals surface area contributed by atoms with E-state index < -0.39 is 0 Å². The van der Waals surface area contributed by atoms with Crippen LogP contribution in [0.1, 0.15) is 19.4 Å². The molecule has 2 heterocycles. The standard InChI is InChI=1S/C17H24N4OS/c1-13(2)15(10-18)20-6-8-21(9-7-20)17(22)12-23-16-5-4-14(3)11-19-16/h4-5,11,13,15H,6-9,12H2,1-3H3/t15-/m0/s1. The fourth-order valence-corrected chi connectivity index (χ4v) is 3.41. The van der Waals surface area contributed by atoms with E-state index in [1.54, 1.807) is 0 Å². The molecular formula is C17H24N4OS. The summed E-state index contributed by atoms with van der Waals surface area (Å²) in [7, 11) is 0. The lowest BCUT2D eigenvalue weighted by molar-refractivity contribution is -0.130. The van der Waals surface area contributed by atoms with Crippen molar-refractivity contribution >= 4 is 17.7 Å². The zero-order chi connectivity index (χ0) is 16.8. The van der Waals surface area contributed by atoms with E-state index in [0.29, 0.717) is 24.8 Å². The van der Waals surface area contributed by atoms with Gasteiger partial charge in [-0.05, 0) is 24.5 Å². The fraction of sp³-hybridized carbons (Fsp3) is 0.588. The molecular weight excluding hydrogens is 308 g/mol. The molecule has 1 aliphatic rings. The largest absolute Gasteiger partial charge is 0.339 e. The number of thioether (sulfide) groups is 1. The Morgan fingerprint density at radius 1 is 1.35 bits per heavy atom. The number of piperazine rings is 1. The minimum atomic E-state index is -0.0571. The predicted octanol–water partition coefficient (Wildman–Crippen LogP) is 2.17. The summed E-state index contributed by atoms with van der Waals surface area (Å²) in [5, 5.41) is 10.2. The third-order valence-electron chi connectivity index (χ3n) is 4.05. The molecule has 124 valence electrons. The molecule has 1 amide bonds. The summed E-state index contributed by atoms with van der Waals surface area (Å²) < 4.78 is 0. The molecule has 1 aliphatic heterocycles. The van der Waals surface area contributed by atoms with Crippen molar-refractivity contribution in [1.82, 2.24) is 14.8 Å². The Labute approximate surface area is 142 Å². The summed E-state index contributed by atoms with van der Waals surface area (Å²) in [5.74, 6) is 0.877. The first-order valence-corrected chi connectivity index (χ1v) is 8.96. The summed E-state index contributed by atoms with van der Waals surface area (Å²) >= 11 is 1.48. The monoisotopic (exact) mass is 332 g/mol. The van der Waals surface area contributed by atoms with Crippen molar-refractivity contribution in [2.24, 2.45) is 5.92 Å². The molecule has 0 radical (unpaired) electrons. The maximum absolute atomic E-state index is 12.3. The number of amides is 1. The summed E-state index contributed by atoms with van der Waals surface area (Å²) in [6.45, 7) is 9.08. The number of hydrogen-bond acceptors (Lipinski definition) is 5. The van der Waals surface area contributed by atoms with Crippen molar-refractivity contribution in [3.8, 4) is 6.07 Å². The van der Waals surface area contributed by atoms with E-state index in [2.05, 4.69) is 29.8 Å². The van der Waals surface area contributed by atoms with Crippen LogP contribution in [0.15, 0.2) is 23.4 Å². The maximum Gasteiger partial charge on any atom is 0.233 e. The van der Waals surface area contributed by atoms with Gasteiger partial charge in [-0.25, -0.2) is 4.98 Å². The van der Waals surface area contributed by atoms with Crippen molar-refractivity contribution in [1.29, 1.82) is 5.26 Å². The number of nitriles is 1. The molecule has 1 aromatic heterocycles. The van der Waals surface area contributed by atoms with Gasteiger partial charge in [-0.2, -0.15) is 5.26 Å². The van der Waals surface area contributed by atoms with Gasteiger partial charge in [0.1, 0.15) is 6.04 Å². The lowest BCUT2D eigenvalue weighted by Gasteiger charge is -2.38. The molecule has 6 heteroatoms. The quantitative estimate of drug-likeness (QED) is 0.774. The van der Waals surface area contributed by atoms with E-state index in [4.69, 9.17) is 0 Å². The van der Waals surface area contributed by atoms with Crippen molar-refractivity contribution in [2.75, 3.05) is 31.9 Å². The predicted molar refractivity (Wildman–Crippen MR) is 92.1 cm³/mol.